The van der Waals surface area contributed by atoms with Gasteiger partial charge < -0.3 is 15.2 Å². The van der Waals surface area contributed by atoms with Crippen molar-refractivity contribution in [1.82, 2.24) is 5.32 Å². The second kappa shape index (κ2) is 5.16. The van der Waals surface area contributed by atoms with Crippen LogP contribution in [0.3, 0.4) is 0 Å². The third kappa shape index (κ3) is 2.60. The molecule has 1 aromatic rings. The molecule has 1 aromatic carbocycles. The smallest absolute Gasteiger partial charge is 0.253 e. The lowest BCUT2D eigenvalue weighted by molar-refractivity contribution is -0.0679. The lowest BCUT2D eigenvalue weighted by Gasteiger charge is -2.40. The van der Waals surface area contributed by atoms with Gasteiger partial charge in [0.25, 0.3) is 5.91 Å². The van der Waals surface area contributed by atoms with Crippen molar-refractivity contribution in [1.29, 1.82) is 0 Å². The average Bonchev–Trinajstić information content (AvgIpc) is 2.31. The zero-order valence-corrected chi connectivity index (χ0v) is 11.0. The second-order valence-electron chi connectivity index (χ2n) is 4.59. The number of ether oxygens (including phenoxy) is 1. The van der Waals surface area contributed by atoms with Gasteiger partial charge in [0.1, 0.15) is 5.75 Å². The number of hydrogen-bond acceptors (Lipinski definition) is 3. The summed E-state index contributed by atoms with van der Waals surface area (Å²) in [5.41, 5.74) is 0.0566. The van der Waals surface area contributed by atoms with Crippen molar-refractivity contribution in [2.45, 2.75) is 24.9 Å². The molecule has 4 nitrogen and oxygen atoms in total. The van der Waals surface area contributed by atoms with Gasteiger partial charge >= 0.3 is 0 Å². The van der Waals surface area contributed by atoms with Crippen molar-refractivity contribution in [2.75, 3.05) is 13.7 Å². The predicted octanol–water partition coefficient (Wildman–Crippen LogP) is 2.34. The van der Waals surface area contributed by atoms with Crippen LogP contribution in [0.5, 0.6) is 5.75 Å². The van der Waals surface area contributed by atoms with Gasteiger partial charge in [-0.3, -0.25) is 4.79 Å². The highest BCUT2D eigenvalue weighted by molar-refractivity contribution is 6.33. The van der Waals surface area contributed by atoms with Crippen molar-refractivity contribution in [2.24, 2.45) is 0 Å². The zero-order chi connectivity index (χ0) is 13.2. The molecular weight excluding hydrogens is 254 g/mol. The van der Waals surface area contributed by atoms with Gasteiger partial charge in [0.05, 0.1) is 16.2 Å². The highest BCUT2D eigenvalue weighted by Gasteiger charge is 2.37. The molecule has 2 N–H and O–H groups in total. The Labute approximate surface area is 111 Å². The number of rotatable bonds is 4. The number of aromatic hydroxyl groups is 1. The van der Waals surface area contributed by atoms with E-state index in [2.05, 4.69) is 5.32 Å². The Balaban J connectivity index is 2.01. The van der Waals surface area contributed by atoms with Crippen molar-refractivity contribution >= 4 is 17.5 Å². The number of benzene rings is 1. The number of carbonyl (C=O) groups excluding carboxylic acids is 1. The molecule has 0 spiro atoms. The normalized spacial score (nSPS) is 17.0. The van der Waals surface area contributed by atoms with E-state index < -0.39 is 0 Å². The minimum Gasteiger partial charge on any atom is -0.508 e. The summed E-state index contributed by atoms with van der Waals surface area (Å²) < 4.78 is 5.42. The molecule has 98 valence electrons. The Hall–Kier alpha value is -1.26. The lowest BCUT2D eigenvalue weighted by Crippen LogP contribution is -2.49. The van der Waals surface area contributed by atoms with Crippen LogP contribution in [0.4, 0.5) is 0 Å². The van der Waals surface area contributed by atoms with Crippen LogP contribution < -0.4 is 5.32 Å². The van der Waals surface area contributed by atoms with Crippen LogP contribution in [0.15, 0.2) is 18.2 Å². The summed E-state index contributed by atoms with van der Waals surface area (Å²) in [7, 11) is 1.66. The van der Waals surface area contributed by atoms with Crippen molar-refractivity contribution < 1.29 is 14.6 Å². The molecule has 0 aliphatic heterocycles. The molecule has 0 atom stereocenters. The van der Waals surface area contributed by atoms with Crippen molar-refractivity contribution in [3.63, 3.8) is 0 Å². The van der Waals surface area contributed by atoms with Gasteiger partial charge in [0.2, 0.25) is 0 Å². The van der Waals surface area contributed by atoms with E-state index in [0.717, 1.165) is 19.3 Å². The first-order valence-electron chi connectivity index (χ1n) is 5.88. The van der Waals surface area contributed by atoms with E-state index in [-0.39, 0.29) is 22.8 Å². The summed E-state index contributed by atoms with van der Waals surface area (Å²) in [6, 6.07) is 4.31. The molecule has 0 aromatic heterocycles. The monoisotopic (exact) mass is 269 g/mol. The fourth-order valence-electron chi connectivity index (χ4n) is 2.05. The first-order valence-corrected chi connectivity index (χ1v) is 6.26. The van der Waals surface area contributed by atoms with Crippen LogP contribution in [0.25, 0.3) is 0 Å². The number of methoxy groups -OCH3 is 1. The van der Waals surface area contributed by atoms with Crippen LogP contribution in [-0.2, 0) is 4.74 Å². The van der Waals surface area contributed by atoms with Crippen LogP contribution in [0.2, 0.25) is 5.02 Å². The number of amides is 1. The minimum absolute atomic E-state index is 0.0228. The summed E-state index contributed by atoms with van der Waals surface area (Å²) in [6.07, 6.45) is 3.03. The van der Waals surface area contributed by atoms with Gasteiger partial charge in [-0.1, -0.05) is 11.6 Å². The summed E-state index contributed by atoms with van der Waals surface area (Å²) in [4.78, 5) is 12.0. The molecule has 0 radical (unpaired) electrons. The van der Waals surface area contributed by atoms with E-state index in [9.17, 15) is 9.90 Å². The number of hydrogen-bond donors (Lipinski definition) is 2. The molecule has 1 aliphatic rings. The minimum atomic E-state index is -0.292. The van der Waals surface area contributed by atoms with E-state index in [0.29, 0.717) is 11.6 Å². The maximum atomic E-state index is 12.0. The summed E-state index contributed by atoms with van der Waals surface area (Å²) in [5.74, 6) is -0.270. The first kappa shape index (κ1) is 13.2. The molecular formula is C13H16ClNO3. The van der Waals surface area contributed by atoms with Gasteiger partial charge in [0, 0.05) is 13.7 Å². The SMILES string of the molecule is COC1(CNC(=O)c2cc(O)ccc2Cl)CCC1. The molecule has 5 heteroatoms. The molecule has 0 heterocycles. The largest absolute Gasteiger partial charge is 0.508 e. The Morgan fingerprint density at radius 2 is 2.28 bits per heavy atom. The molecule has 18 heavy (non-hydrogen) atoms. The van der Waals surface area contributed by atoms with E-state index in [4.69, 9.17) is 16.3 Å². The molecule has 0 unspecified atom stereocenters. The number of nitrogens with one attached hydrogen (secondary N) is 1. The third-order valence-corrected chi connectivity index (χ3v) is 3.79. The van der Waals surface area contributed by atoms with Gasteiger partial charge in [-0.25, -0.2) is 0 Å². The van der Waals surface area contributed by atoms with E-state index in [1.165, 1.54) is 18.2 Å². The first-order chi connectivity index (χ1) is 8.56. The predicted molar refractivity (Wildman–Crippen MR) is 69.0 cm³/mol. The number of carbonyl (C=O) groups is 1. The maximum absolute atomic E-state index is 12.0. The fraction of sp³-hybridized carbons (Fsp3) is 0.462. The van der Waals surface area contributed by atoms with Crippen molar-refractivity contribution in [3.8, 4) is 5.75 Å². The number of halogens is 1. The van der Waals surface area contributed by atoms with Crippen LogP contribution >= 0.6 is 11.6 Å². The Morgan fingerprint density at radius 1 is 1.56 bits per heavy atom. The molecule has 1 saturated carbocycles. The Kier molecular flexibility index (Phi) is 3.78. The Morgan fingerprint density at radius 3 is 2.83 bits per heavy atom. The summed E-state index contributed by atoms with van der Waals surface area (Å²) >= 11 is 5.92. The highest BCUT2D eigenvalue weighted by Crippen LogP contribution is 2.34. The zero-order valence-electron chi connectivity index (χ0n) is 10.2. The Bertz CT molecular complexity index is 452. The number of phenolic OH excluding ortho intramolecular Hbond substituents is 1. The van der Waals surface area contributed by atoms with E-state index in [1.807, 2.05) is 0 Å². The van der Waals surface area contributed by atoms with E-state index >= 15 is 0 Å². The number of phenols is 1. The molecule has 2 rings (SSSR count). The van der Waals surface area contributed by atoms with Gasteiger partial charge in [0.15, 0.2) is 0 Å². The van der Waals surface area contributed by atoms with Crippen molar-refractivity contribution in [3.05, 3.63) is 28.8 Å². The quantitative estimate of drug-likeness (QED) is 0.882. The van der Waals surface area contributed by atoms with Crippen LogP contribution in [0, 0.1) is 0 Å². The molecule has 1 aliphatic carbocycles. The fourth-order valence-corrected chi connectivity index (χ4v) is 2.25. The third-order valence-electron chi connectivity index (χ3n) is 3.46. The van der Waals surface area contributed by atoms with E-state index in [1.54, 1.807) is 7.11 Å². The highest BCUT2D eigenvalue weighted by atomic mass is 35.5. The standard InChI is InChI=1S/C13H16ClNO3/c1-18-13(5-2-6-13)8-15-12(17)10-7-9(16)3-4-11(10)14/h3-4,7,16H,2,5-6,8H2,1H3,(H,15,17). The van der Waals surface area contributed by atoms with Gasteiger partial charge in [-0.2, -0.15) is 0 Å². The molecule has 0 bridgehead atoms. The molecule has 1 amide bonds. The average molecular weight is 270 g/mol. The van der Waals surface area contributed by atoms with Crippen LogP contribution in [-0.4, -0.2) is 30.3 Å². The topological polar surface area (TPSA) is 58.6 Å². The lowest BCUT2D eigenvalue weighted by atomic mass is 9.80. The summed E-state index contributed by atoms with van der Waals surface area (Å²) in [5, 5.41) is 12.5. The maximum Gasteiger partial charge on any atom is 0.253 e. The van der Waals surface area contributed by atoms with Gasteiger partial charge in [-0.15, -0.1) is 0 Å². The molecule has 1 fully saturated rings. The van der Waals surface area contributed by atoms with Gasteiger partial charge in [-0.05, 0) is 37.5 Å². The summed E-state index contributed by atoms with van der Waals surface area (Å²) in [6.45, 7) is 0.467. The molecule has 0 saturated heterocycles. The second-order valence-corrected chi connectivity index (χ2v) is 4.99. The van der Waals surface area contributed by atoms with Crippen LogP contribution in [0.1, 0.15) is 29.6 Å².